The van der Waals surface area contributed by atoms with E-state index in [1.165, 1.54) is 0 Å². The smallest absolute Gasteiger partial charge is 0.410 e. The first-order valence-corrected chi connectivity index (χ1v) is 4.86. The fourth-order valence-corrected chi connectivity index (χ4v) is 1.11. The molecule has 4 nitrogen and oxygen atoms in total. The van der Waals surface area contributed by atoms with E-state index in [4.69, 9.17) is 4.74 Å². The first-order chi connectivity index (χ1) is 7.13. The Morgan fingerprint density at radius 2 is 2.20 bits per heavy atom. The van der Waals surface area contributed by atoms with Crippen LogP contribution in [0.4, 0.5) is 10.5 Å². The molecule has 1 rings (SSSR count). The Bertz CT molecular complexity index is 337. The second-order valence-electron chi connectivity index (χ2n) is 3.31. The summed E-state index contributed by atoms with van der Waals surface area (Å²) in [6.07, 6.45) is -0.423. The third kappa shape index (κ3) is 3.50. The maximum atomic E-state index is 11.1. The standard InChI is InChI=1S/C11H16N2O2/c1-4-12-11(14)15-10-7-5-6-9(8-10)13(2)3/h5-8H,4H2,1-3H3,(H,12,14). The van der Waals surface area contributed by atoms with Crippen molar-refractivity contribution >= 4 is 11.8 Å². The van der Waals surface area contributed by atoms with E-state index < -0.39 is 6.09 Å². The monoisotopic (exact) mass is 208 g/mol. The number of rotatable bonds is 3. The van der Waals surface area contributed by atoms with E-state index in [1.54, 1.807) is 6.07 Å². The van der Waals surface area contributed by atoms with Crippen LogP contribution in [-0.2, 0) is 0 Å². The first kappa shape index (κ1) is 11.4. The lowest BCUT2D eigenvalue weighted by atomic mass is 10.3. The van der Waals surface area contributed by atoms with Crippen LogP contribution < -0.4 is 15.0 Å². The van der Waals surface area contributed by atoms with Crippen molar-refractivity contribution in [2.75, 3.05) is 25.5 Å². The summed E-state index contributed by atoms with van der Waals surface area (Å²) < 4.78 is 5.07. The van der Waals surface area contributed by atoms with Gasteiger partial charge in [0, 0.05) is 32.4 Å². The highest BCUT2D eigenvalue weighted by molar-refractivity contribution is 5.70. The minimum atomic E-state index is -0.423. The summed E-state index contributed by atoms with van der Waals surface area (Å²) in [5.74, 6) is 0.548. The minimum Gasteiger partial charge on any atom is -0.410 e. The summed E-state index contributed by atoms with van der Waals surface area (Å²) in [4.78, 5) is 13.1. The lowest BCUT2D eigenvalue weighted by Crippen LogP contribution is -2.26. The third-order valence-corrected chi connectivity index (χ3v) is 1.87. The van der Waals surface area contributed by atoms with E-state index in [0.29, 0.717) is 12.3 Å². The van der Waals surface area contributed by atoms with Gasteiger partial charge in [0.1, 0.15) is 5.75 Å². The van der Waals surface area contributed by atoms with Gasteiger partial charge in [-0.1, -0.05) is 6.07 Å². The molecule has 0 saturated heterocycles. The number of nitrogens with one attached hydrogen (secondary N) is 1. The highest BCUT2D eigenvalue weighted by atomic mass is 16.6. The van der Waals surface area contributed by atoms with Gasteiger partial charge >= 0.3 is 6.09 Å². The van der Waals surface area contributed by atoms with Crippen LogP contribution in [0.1, 0.15) is 6.92 Å². The van der Waals surface area contributed by atoms with Crippen molar-refractivity contribution < 1.29 is 9.53 Å². The Kier molecular flexibility index (Phi) is 3.97. The number of hydrogen-bond acceptors (Lipinski definition) is 3. The third-order valence-electron chi connectivity index (χ3n) is 1.87. The van der Waals surface area contributed by atoms with Crippen molar-refractivity contribution in [3.63, 3.8) is 0 Å². The van der Waals surface area contributed by atoms with Crippen LogP contribution in [0.2, 0.25) is 0 Å². The quantitative estimate of drug-likeness (QED) is 0.824. The molecule has 0 aromatic heterocycles. The van der Waals surface area contributed by atoms with Crippen LogP contribution >= 0.6 is 0 Å². The number of anilines is 1. The molecule has 0 saturated carbocycles. The zero-order valence-corrected chi connectivity index (χ0v) is 9.28. The number of carbonyl (C=O) groups excluding carboxylic acids is 1. The van der Waals surface area contributed by atoms with E-state index in [2.05, 4.69) is 5.32 Å². The van der Waals surface area contributed by atoms with Gasteiger partial charge in [0.25, 0.3) is 0 Å². The summed E-state index contributed by atoms with van der Waals surface area (Å²) >= 11 is 0. The van der Waals surface area contributed by atoms with Gasteiger partial charge in [-0.2, -0.15) is 0 Å². The molecular formula is C11H16N2O2. The molecule has 4 heteroatoms. The summed E-state index contributed by atoms with van der Waals surface area (Å²) in [5.41, 5.74) is 0.997. The Morgan fingerprint density at radius 1 is 1.47 bits per heavy atom. The average molecular weight is 208 g/mol. The van der Waals surface area contributed by atoms with E-state index >= 15 is 0 Å². The van der Waals surface area contributed by atoms with Gasteiger partial charge in [0.15, 0.2) is 0 Å². The molecule has 0 aliphatic heterocycles. The van der Waals surface area contributed by atoms with Crippen LogP contribution in [0.3, 0.4) is 0 Å². The Balaban J connectivity index is 2.69. The molecule has 15 heavy (non-hydrogen) atoms. The summed E-state index contributed by atoms with van der Waals surface area (Å²) in [6, 6.07) is 7.37. The number of nitrogens with zero attached hydrogens (tertiary/aromatic N) is 1. The van der Waals surface area contributed by atoms with Crippen LogP contribution in [0.15, 0.2) is 24.3 Å². The zero-order chi connectivity index (χ0) is 11.3. The van der Waals surface area contributed by atoms with Crippen LogP contribution in [-0.4, -0.2) is 26.7 Å². The van der Waals surface area contributed by atoms with E-state index in [-0.39, 0.29) is 0 Å². The predicted molar refractivity (Wildman–Crippen MR) is 60.5 cm³/mol. The fourth-order valence-electron chi connectivity index (χ4n) is 1.11. The van der Waals surface area contributed by atoms with Gasteiger partial charge in [0.2, 0.25) is 0 Å². The molecule has 0 heterocycles. The summed E-state index contributed by atoms with van der Waals surface area (Å²) in [6.45, 7) is 2.41. The fraction of sp³-hybridized carbons (Fsp3) is 0.364. The number of ether oxygens (including phenoxy) is 1. The molecule has 0 aliphatic rings. The normalized spacial score (nSPS) is 9.53. The van der Waals surface area contributed by atoms with Crippen LogP contribution in [0, 0.1) is 0 Å². The van der Waals surface area contributed by atoms with Crippen LogP contribution in [0.25, 0.3) is 0 Å². The molecule has 0 spiro atoms. The highest BCUT2D eigenvalue weighted by Crippen LogP contribution is 2.19. The number of amides is 1. The molecule has 0 aliphatic carbocycles. The second kappa shape index (κ2) is 5.24. The van der Waals surface area contributed by atoms with Crippen molar-refractivity contribution in [3.05, 3.63) is 24.3 Å². The molecule has 1 N–H and O–H groups in total. The second-order valence-corrected chi connectivity index (χ2v) is 3.31. The summed E-state index contributed by atoms with van der Waals surface area (Å²) in [7, 11) is 3.87. The molecular weight excluding hydrogens is 192 g/mol. The molecule has 1 aromatic rings. The molecule has 0 fully saturated rings. The molecule has 82 valence electrons. The molecule has 0 atom stereocenters. The number of carbonyl (C=O) groups is 1. The first-order valence-electron chi connectivity index (χ1n) is 4.86. The van der Waals surface area contributed by atoms with Crippen molar-refractivity contribution in [2.24, 2.45) is 0 Å². The lowest BCUT2D eigenvalue weighted by molar-refractivity contribution is 0.201. The molecule has 0 unspecified atom stereocenters. The van der Waals surface area contributed by atoms with Gasteiger partial charge in [-0.25, -0.2) is 4.79 Å². The zero-order valence-electron chi connectivity index (χ0n) is 9.28. The van der Waals surface area contributed by atoms with Crippen LogP contribution in [0.5, 0.6) is 5.75 Å². The highest BCUT2D eigenvalue weighted by Gasteiger charge is 2.03. The van der Waals surface area contributed by atoms with E-state index in [9.17, 15) is 4.79 Å². The largest absolute Gasteiger partial charge is 0.412 e. The molecule has 1 amide bonds. The van der Waals surface area contributed by atoms with Gasteiger partial charge < -0.3 is 15.0 Å². The van der Waals surface area contributed by atoms with Gasteiger partial charge in [0.05, 0.1) is 0 Å². The predicted octanol–water partition coefficient (Wildman–Crippen LogP) is 1.86. The lowest BCUT2D eigenvalue weighted by Gasteiger charge is -2.13. The van der Waals surface area contributed by atoms with Crippen molar-refractivity contribution in [1.82, 2.24) is 5.32 Å². The van der Waals surface area contributed by atoms with Gasteiger partial charge in [-0.3, -0.25) is 0 Å². The number of benzene rings is 1. The van der Waals surface area contributed by atoms with Crippen molar-refractivity contribution in [3.8, 4) is 5.75 Å². The van der Waals surface area contributed by atoms with Crippen molar-refractivity contribution in [1.29, 1.82) is 0 Å². The van der Waals surface area contributed by atoms with E-state index in [0.717, 1.165) is 5.69 Å². The average Bonchev–Trinajstić information content (AvgIpc) is 2.18. The maximum Gasteiger partial charge on any atom is 0.412 e. The Morgan fingerprint density at radius 3 is 2.80 bits per heavy atom. The Hall–Kier alpha value is -1.71. The Labute approximate surface area is 89.8 Å². The molecule has 0 bridgehead atoms. The number of hydrogen-bond donors (Lipinski definition) is 1. The summed E-state index contributed by atoms with van der Waals surface area (Å²) in [5, 5.41) is 2.57. The SMILES string of the molecule is CCNC(=O)Oc1cccc(N(C)C)c1. The van der Waals surface area contributed by atoms with Crippen molar-refractivity contribution in [2.45, 2.75) is 6.92 Å². The van der Waals surface area contributed by atoms with E-state index in [1.807, 2.05) is 44.1 Å². The topological polar surface area (TPSA) is 41.6 Å². The van der Waals surface area contributed by atoms with Gasteiger partial charge in [-0.05, 0) is 19.1 Å². The minimum absolute atomic E-state index is 0.423. The maximum absolute atomic E-state index is 11.1. The molecule has 0 radical (unpaired) electrons. The molecule has 1 aromatic carbocycles. The van der Waals surface area contributed by atoms with Gasteiger partial charge in [-0.15, -0.1) is 0 Å².